The van der Waals surface area contributed by atoms with Gasteiger partial charge in [0.05, 0.1) is 18.8 Å². The molecule has 0 aromatic heterocycles. The normalized spacial score (nSPS) is 15.7. The van der Waals surface area contributed by atoms with E-state index in [1.165, 1.54) is 5.56 Å². The SMILES string of the molecule is CCOc1ccc(CC)cc1C(C)CC(O)C(O)CC. The molecule has 3 unspecified atom stereocenters. The number of aryl methyl sites for hydroxylation is 1. The van der Waals surface area contributed by atoms with Gasteiger partial charge in [0, 0.05) is 0 Å². The summed E-state index contributed by atoms with van der Waals surface area (Å²) in [6.07, 6.45) is 0.757. The summed E-state index contributed by atoms with van der Waals surface area (Å²) in [5.74, 6) is 1.04. The van der Waals surface area contributed by atoms with Gasteiger partial charge in [-0.25, -0.2) is 0 Å². The van der Waals surface area contributed by atoms with Gasteiger partial charge < -0.3 is 14.9 Å². The van der Waals surface area contributed by atoms with Crippen molar-refractivity contribution in [2.75, 3.05) is 6.61 Å². The molecule has 2 N–H and O–H groups in total. The molecular weight excluding hydrogens is 252 g/mol. The Morgan fingerprint density at radius 1 is 1.10 bits per heavy atom. The van der Waals surface area contributed by atoms with Gasteiger partial charge in [-0.1, -0.05) is 32.9 Å². The van der Waals surface area contributed by atoms with E-state index in [2.05, 4.69) is 26.0 Å². The molecule has 0 amide bonds. The molecule has 20 heavy (non-hydrogen) atoms. The minimum Gasteiger partial charge on any atom is -0.494 e. The van der Waals surface area contributed by atoms with Gasteiger partial charge >= 0.3 is 0 Å². The first kappa shape index (κ1) is 17.0. The van der Waals surface area contributed by atoms with Crippen LogP contribution in [-0.4, -0.2) is 29.0 Å². The van der Waals surface area contributed by atoms with Gasteiger partial charge in [-0.2, -0.15) is 0 Å². The summed E-state index contributed by atoms with van der Waals surface area (Å²) >= 11 is 0. The standard InChI is InChI=1S/C17H28O3/c1-5-13-8-9-17(20-7-3)14(11-13)12(4)10-16(19)15(18)6-2/h8-9,11-12,15-16,18-19H,5-7,10H2,1-4H3. The van der Waals surface area contributed by atoms with Crippen LogP contribution in [0.3, 0.4) is 0 Å². The predicted molar refractivity (Wildman–Crippen MR) is 82.3 cm³/mol. The molecule has 114 valence electrons. The molecule has 0 bridgehead atoms. The number of benzene rings is 1. The van der Waals surface area contributed by atoms with Crippen molar-refractivity contribution in [1.82, 2.24) is 0 Å². The van der Waals surface area contributed by atoms with Crippen LogP contribution >= 0.6 is 0 Å². The van der Waals surface area contributed by atoms with E-state index in [0.717, 1.165) is 17.7 Å². The quantitative estimate of drug-likeness (QED) is 0.768. The maximum atomic E-state index is 10.0. The minimum absolute atomic E-state index is 0.152. The lowest BCUT2D eigenvalue weighted by Gasteiger charge is -2.22. The third kappa shape index (κ3) is 4.50. The number of rotatable bonds is 8. The van der Waals surface area contributed by atoms with Gasteiger partial charge in [0.25, 0.3) is 0 Å². The molecule has 0 fully saturated rings. The summed E-state index contributed by atoms with van der Waals surface area (Å²) in [5.41, 5.74) is 2.38. The van der Waals surface area contributed by atoms with Crippen LogP contribution in [0.15, 0.2) is 18.2 Å². The maximum Gasteiger partial charge on any atom is 0.122 e. The molecule has 0 saturated heterocycles. The Bertz CT molecular complexity index is 403. The second-order valence-corrected chi connectivity index (χ2v) is 5.34. The van der Waals surface area contributed by atoms with E-state index in [4.69, 9.17) is 4.74 Å². The van der Waals surface area contributed by atoms with Crippen molar-refractivity contribution in [3.63, 3.8) is 0 Å². The van der Waals surface area contributed by atoms with Crippen molar-refractivity contribution >= 4 is 0 Å². The number of aliphatic hydroxyl groups is 2. The Morgan fingerprint density at radius 3 is 2.35 bits per heavy atom. The van der Waals surface area contributed by atoms with Gasteiger partial charge in [0.15, 0.2) is 0 Å². The van der Waals surface area contributed by atoms with E-state index >= 15 is 0 Å². The molecule has 0 aliphatic rings. The van der Waals surface area contributed by atoms with Crippen molar-refractivity contribution in [1.29, 1.82) is 0 Å². The second-order valence-electron chi connectivity index (χ2n) is 5.34. The highest BCUT2D eigenvalue weighted by atomic mass is 16.5. The van der Waals surface area contributed by atoms with Crippen LogP contribution in [0.1, 0.15) is 57.6 Å². The molecule has 3 heteroatoms. The largest absolute Gasteiger partial charge is 0.494 e. The van der Waals surface area contributed by atoms with E-state index in [-0.39, 0.29) is 5.92 Å². The molecule has 0 aliphatic heterocycles. The Hall–Kier alpha value is -1.06. The highest BCUT2D eigenvalue weighted by Gasteiger charge is 2.20. The van der Waals surface area contributed by atoms with Crippen LogP contribution in [0.5, 0.6) is 5.75 Å². The fourth-order valence-corrected chi connectivity index (χ4v) is 2.41. The molecular formula is C17H28O3. The van der Waals surface area contributed by atoms with Gasteiger partial charge in [-0.3, -0.25) is 0 Å². The van der Waals surface area contributed by atoms with Gasteiger partial charge in [0.2, 0.25) is 0 Å². The molecule has 0 radical (unpaired) electrons. The Morgan fingerprint density at radius 2 is 1.80 bits per heavy atom. The van der Waals surface area contributed by atoms with E-state index in [1.807, 2.05) is 19.9 Å². The van der Waals surface area contributed by atoms with E-state index < -0.39 is 12.2 Å². The summed E-state index contributed by atoms with van der Waals surface area (Å²) in [6, 6.07) is 6.25. The van der Waals surface area contributed by atoms with Crippen LogP contribution in [0.25, 0.3) is 0 Å². The van der Waals surface area contributed by atoms with Crippen LogP contribution in [0.4, 0.5) is 0 Å². The van der Waals surface area contributed by atoms with Crippen molar-refractivity contribution in [3.05, 3.63) is 29.3 Å². The number of hydrogen-bond acceptors (Lipinski definition) is 3. The lowest BCUT2D eigenvalue weighted by molar-refractivity contribution is 0.00941. The predicted octanol–water partition coefficient (Wildman–Crippen LogP) is 3.27. The van der Waals surface area contributed by atoms with Crippen molar-refractivity contribution < 1.29 is 14.9 Å². The molecule has 1 aromatic carbocycles. The first-order valence-corrected chi connectivity index (χ1v) is 7.65. The maximum absolute atomic E-state index is 10.0. The highest BCUT2D eigenvalue weighted by Crippen LogP contribution is 2.31. The summed E-state index contributed by atoms with van der Waals surface area (Å²) in [5, 5.41) is 19.7. The summed E-state index contributed by atoms with van der Waals surface area (Å²) in [7, 11) is 0. The molecule has 0 spiro atoms. The summed E-state index contributed by atoms with van der Waals surface area (Å²) < 4.78 is 5.68. The molecule has 3 nitrogen and oxygen atoms in total. The average Bonchev–Trinajstić information content (AvgIpc) is 2.46. The van der Waals surface area contributed by atoms with Crippen LogP contribution in [0.2, 0.25) is 0 Å². The van der Waals surface area contributed by atoms with Gasteiger partial charge in [-0.05, 0) is 49.3 Å². The van der Waals surface area contributed by atoms with Crippen LogP contribution in [0, 0.1) is 0 Å². The molecule has 1 aromatic rings. The monoisotopic (exact) mass is 280 g/mol. The minimum atomic E-state index is -0.685. The zero-order valence-corrected chi connectivity index (χ0v) is 13.1. The zero-order chi connectivity index (χ0) is 15.1. The second kappa shape index (κ2) is 8.28. The van der Waals surface area contributed by atoms with Crippen LogP contribution < -0.4 is 4.74 Å². The topological polar surface area (TPSA) is 49.7 Å². The fourth-order valence-electron chi connectivity index (χ4n) is 2.41. The fraction of sp³-hybridized carbons (Fsp3) is 0.647. The Balaban J connectivity index is 2.91. The first-order valence-electron chi connectivity index (χ1n) is 7.65. The highest BCUT2D eigenvalue weighted by molar-refractivity contribution is 5.39. The molecule has 0 saturated carbocycles. The van der Waals surface area contributed by atoms with Crippen molar-refractivity contribution in [3.8, 4) is 5.75 Å². The summed E-state index contributed by atoms with van der Waals surface area (Å²) in [4.78, 5) is 0. The third-order valence-electron chi connectivity index (χ3n) is 3.77. The summed E-state index contributed by atoms with van der Waals surface area (Å²) in [6.45, 7) is 8.67. The zero-order valence-electron chi connectivity index (χ0n) is 13.1. The molecule has 3 atom stereocenters. The van der Waals surface area contributed by atoms with E-state index in [9.17, 15) is 10.2 Å². The number of hydrogen-bond donors (Lipinski definition) is 2. The molecule has 0 heterocycles. The number of ether oxygens (including phenoxy) is 1. The van der Waals surface area contributed by atoms with Crippen LogP contribution in [-0.2, 0) is 6.42 Å². The average molecular weight is 280 g/mol. The lowest BCUT2D eigenvalue weighted by atomic mass is 9.90. The van der Waals surface area contributed by atoms with Gasteiger partial charge in [0.1, 0.15) is 5.75 Å². The lowest BCUT2D eigenvalue weighted by Crippen LogP contribution is -2.26. The van der Waals surface area contributed by atoms with E-state index in [1.54, 1.807) is 0 Å². The smallest absolute Gasteiger partial charge is 0.122 e. The Labute approximate surface area is 122 Å². The van der Waals surface area contributed by atoms with Gasteiger partial charge in [-0.15, -0.1) is 0 Å². The van der Waals surface area contributed by atoms with Crippen molar-refractivity contribution in [2.24, 2.45) is 0 Å². The molecule has 1 rings (SSSR count). The van der Waals surface area contributed by atoms with E-state index in [0.29, 0.717) is 19.4 Å². The number of aliphatic hydroxyl groups excluding tert-OH is 2. The first-order chi connectivity index (χ1) is 9.53. The molecule has 0 aliphatic carbocycles. The van der Waals surface area contributed by atoms with Crippen molar-refractivity contribution in [2.45, 2.75) is 65.1 Å². The Kier molecular flexibility index (Phi) is 7.03. The third-order valence-corrected chi connectivity index (χ3v) is 3.77.